The fraction of sp³-hybridized carbons (Fsp3) is 0. The maximum absolute atomic E-state index is 6.22. The van der Waals surface area contributed by atoms with Crippen LogP contribution in [-0.4, -0.2) is 0 Å². The molecular formula is C38H28N2O2. The standard InChI is InChI=1S/C38H28N2O2/c39-30-14-18-33(19-15-30)41-34-9-3-7-29(22-34)38-36(20-13-28-21-26-5-1-2-6-27(26)23-37(28)38)25-11-16-32(17-12-25)42-35-10-4-8-31(40)24-35/h1-24H,39-40H2. The highest BCUT2D eigenvalue weighted by Crippen LogP contribution is 2.41. The Bertz CT molecular complexity index is 2050. The summed E-state index contributed by atoms with van der Waals surface area (Å²) in [7, 11) is 0. The summed E-state index contributed by atoms with van der Waals surface area (Å²) >= 11 is 0. The SMILES string of the molecule is Nc1ccc(Oc2cccc(-c3c(-c4ccc(Oc5cccc(N)c5)cc4)ccc4cc5ccccc5cc34)c2)cc1. The van der Waals surface area contributed by atoms with E-state index in [1.807, 2.05) is 72.8 Å². The van der Waals surface area contributed by atoms with Gasteiger partial charge in [0.2, 0.25) is 0 Å². The van der Waals surface area contributed by atoms with Crippen LogP contribution in [0.1, 0.15) is 0 Å². The van der Waals surface area contributed by atoms with Crippen LogP contribution < -0.4 is 20.9 Å². The third-order valence-corrected chi connectivity index (χ3v) is 7.38. The van der Waals surface area contributed by atoms with Crippen LogP contribution in [0.5, 0.6) is 23.0 Å². The molecule has 7 aromatic rings. The molecule has 0 saturated carbocycles. The van der Waals surface area contributed by atoms with Crippen LogP contribution in [0.3, 0.4) is 0 Å². The highest BCUT2D eigenvalue weighted by molar-refractivity contribution is 6.09. The van der Waals surface area contributed by atoms with Crippen molar-refractivity contribution >= 4 is 32.9 Å². The molecule has 0 atom stereocenters. The van der Waals surface area contributed by atoms with E-state index in [4.69, 9.17) is 20.9 Å². The molecule has 0 heterocycles. The van der Waals surface area contributed by atoms with Crippen molar-refractivity contribution in [2.24, 2.45) is 0 Å². The van der Waals surface area contributed by atoms with Crippen LogP contribution in [-0.2, 0) is 0 Å². The van der Waals surface area contributed by atoms with Crippen molar-refractivity contribution < 1.29 is 9.47 Å². The summed E-state index contributed by atoms with van der Waals surface area (Å²) in [5.41, 5.74) is 17.6. The van der Waals surface area contributed by atoms with E-state index in [9.17, 15) is 0 Å². The number of rotatable bonds is 6. The van der Waals surface area contributed by atoms with E-state index in [0.717, 1.165) is 39.5 Å². The summed E-state index contributed by atoms with van der Waals surface area (Å²) < 4.78 is 12.3. The molecule has 0 aliphatic heterocycles. The monoisotopic (exact) mass is 544 g/mol. The predicted molar refractivity (Wildman–Crippen MR) is 174 cm³/mol. The van der Waals surface area contributed by atoms with Gasteiger partial charge in [0.1, 0.15) is 23.0 Å². The lowest BCUT2D eigenvalue weighted by atomic mass is 9.88. The van der Waals surface area contributed by atoms with Crippen LogP contribution in [0.25, 0.3) is 43.8 Å². The van der Waals surface area contributed by atoms with Gasteiger partial charge in [0.25, 0.3) is 0 Å². The van der Waals surface area contributed by atoms with Gasteiger partial charge < -0.3 is 20.9 Å². The molecule has 0 saturated heterocycles. The van der Waals surface area contributed by atoms with Crippen LogP contribution >= 0.6 is 0 Å². The summed E-state index contributed by atoms with van der Waals surface area (Å²) in [5, 5.41) is 4.77. The van der Waals surface area contributed by atoms with Gasteiger partial charge in [0, 0.05) is 17.4 Å². The minimum absolute atomic E-state index is 0.667. The van der Waals surface area contributed by atoms with Crippen LogP contribution in [0.2, 0.25) is 0 Å². The number of benzene rings is 7. The Morgan fingerprint density at radius 1 is 0.381 bits per heavy atom. The van der Waals surface area contributed by atoms with Gasteiger partial charge in [-0.25, -0.2) is 0 Å². The average Bonchev–Trinajstić information content (AvgIpc) is 3.01. The van der Waals surface area contributed by atoms with Crippen molar-refractivity contribution in [3.8, 4) is 45.3 Å². The highest BCUT2D eigenvalue weighted by Gasteiger charge is 2.14. The number of hydrogen-bond donors (Lipinski definition) is 2. The van der Waals surface area contributed by atoms with E-state index in [0.29, 0.717) is 17.1 Å². The second-order valence-electron chi connectivity index (χ2n) is 10.3. The largest absolute Gasteiger partial charge is 0.457 e. The molecule has 7 aromatic carbocycles. The van der Waals surface area contributed by atoms with Gasteiger partial charge in [-0.3, -0.25) is 0 Å². The molecule has 0 aromatic heterocycles. The number of nitrogens with two attached hydrogens (primary N) is 2. The third kappa shape index (κ3) is 5.09. The number of ether oxygens (including phenoxy) is 2. The first-order chi connectivity index (χ1) is 20.6. The Morgan fingerprint density at radius 3 is 1.74 bits per heavy atom. The summed E-state index contributed by atoms with van der Waals surface area (Å²) in [6, 6.07) is 48.7. The smallest absolute Gasteiger partial charge is 0.129 e. The summed E-state index contributed by atoms with van der Waals surface area (Å²) in [4.78, 5) is 0. The Kier molecular flexibility index (Phi) is 6.42. The third-order valence-electron chi connectivity index (χ3n) is 7.38. The minimum atomic E-state index is 0.667. The normalized spacial score (nSPS) is 11.0. The zero-order valence-corrected chi connectivity index (χ0v) is 22.8. The molecule has 4 N–H and O–H groups in total. The van der Waals surface area contributed by atoms with Gasteiger partial charge >= 0.3 is 0 Å². The summed E-state index contributed by atoms with van der Waals surface area (Å²) in [6.07, 6.45) is 0. The molecule has 0 spiro atoms. The highest BCUT2D eigenvalue weighted by atomic mass is 16.5. The molecule has 0 radical (unpaired) electrons. The van der Waals surface area contributed by atoms with Crippen molar-refractivity contribution in [1.82, 2.24) is 0 Å². The molecule has 7 rings (SSSR count). The lowest BCUT2D eigenvalue weighted by molar-refractivity contribution is 0.483. The Balaban J connectivity index is 1.34. The van der Waals surface area contributed by atoms with Gasteiger partial charge in [-0.2, -0.15) is 0 Å². The topological polar surface area (TPSA) is 70.5 Å². The second-order valence-corrected chi connectivity index (χ2v) is 10.3. The van der Waals surface area contributed by atoms with E-state index >= 15 is 0 Å². The zero-order valence-electron chi connectivity index (χ0n) is 22.8. The quantitative estimate of drug-likeness (QED) is 0.161. The molecule has 0 bridgehead atoms. The van der Waals surface area contributed by atoms with Gasteiger partial charge in [0.05, 0.1) is 0 Å². The van der Waals surface area contributed by atoms with E-state index in [1.54, 1.807) is 0 Å². The maximum Gasteiger partial charge on any atom is 0.129 e. The predicted octanol–water partition coefficient (Wildman–Crippen LogP) is 10.1. The Morgan fingerprint density at radius 2 is 1.02 bits per heavy atom. The van der Waals surface area contributed by atoms with Crippen LogP contribution in [0, 0.1) is 0 Å². The van der Waals surface area contributed by atoms with Crippen molar-refractivity contribution in [2.75, 3.05) is 11.5 Å². The molecule has 202 valence electrons. The Labute approximate surface area is 244 Å². The molecular weight excluding hydrogens is 516 g/mol. The zero-order chi connectivity index (χ0) is 28.5. The number of hydrogen-bond acceptors (Lipinski definition) is 4. The molecule has 0 fully saturated rings. The molecule has 4 heteroatoms. The average molecular weight is 545 g/mol. The van der Waals surface area contributed by atoms with E-state index in [2.05, 4.69) is 72.8 Å². The van der Waals surface area contributed by atoms with Crippen molar-refractivity contribution in [2.45, 2.75) is 0 Å². The first kappa shape index (κ1) is 25.2. The van der Waals surface area contributed by atoms with Crippen molar-refractivity contribution in [3.05, 3.63) is 146 Å². The Hall–Kier alpha value is -5.74. The van der Waals surface area contributed by atoms with Crippen LogP contribution in [0.4, 0.5) is 11.4 Å². The molecule has 42 heavy (non-hydrogen) atoms. The van der Waals surface area contributed by atoms with E-state index in [-0.39, 0.29) is 0 Å². The summed E-state index contributed by atoms with van der Waals surface area (Å²) in [5.74, 6) is 2.95. The first-order valence-electron chi connectivity index (χ1n) is 13.8. The lowest BCUT2D eigenvalue weighted by Crippen LogP contribution is -1.91. The van der Waals surface area contributed by atoms with Crippen molar-refractivity contribution in [3.63, 3.8) is 0 Å². The molecule has 0 amide bonds. The maximum atomic E-state index is 6.22. The second kappa shape index (κ2) is 10.7. The van der Waals surface area contributed by atoms with E-state index in [1.165, 1.54) is 21.5 Å². The summed E-state index contributed by atoms with van der Waals surface area (Å²) in [6.45, 7) is 0. The van der Waals surface area contributed by atoms with Gasteiger partial charge in [-0.05, 0) is 117 Å². The fourth-order valence-electron chi connectivity index (χ4n) is 5.37. The van der Waals surface area contributed by atoms with Gasteiger partial charge in [-0.1, -0.05) is 66.7 Å². The molecule has 0 aliphatic carbocycles. The minimum Gasteiger partial charge on any atom is -0.457 e. The lowest BCUT2D eigenvalue weighted by Gasteiger charge is -2.17. The number of anilines is 2. The molecule has 4 nitrogen and oxygen atoms in total. The van der Waals surface area contributed by atoms with Gasteiger partial charge in [0.15, 0.2) is 0 Å². The fourth-order valence-corrected chi connectivity index (χ4v) is 5.37. The molecule has 0 unspecified atom stereocenters. The number of nitrogen functional groups attached to an aromatic ring is 2. The van der Waals surface area contributed by atoms with E-state index < -0.39 is 0 Å². The van der Waals surface area contributed by atoms with Gasteiger partial charge in [-0.15, -0.1) is 0 Å². The number of fused-ring (bicyclic) bond motifs is 2. The first-order valence-corrected chi connectivity index (χ1v) is 13.8. The van der Waals surface area contributed by atoms with Crippen LogP contribution in [0.15, 0.2) is 146 Å². The van der Waals surface area contributed by atoms with Crippen molar-refractivity contribution in [1.29, 1.82) is 0 Å². The molecule has 0 aliphatic rings.